The van der Waals surface area contributed by atoms with E-state index in [1.165, 1.54) is 11.3 Å². The molecule has 1 aliphatic heterocycles. The largest absolute Gasteiger partial charge is 0.367 e. The standard InChI is InChI=1S/C15H21NO/c1-4-15(3,11-17)10-16-12(2)9-13-7-5-6-8-14(13)16/h5-8,11-12H,4,9-10H2,1-3H3. The van der Waals surface area contributed by atoms with E-state index >= 15 is 0 Å². The molecule has 0 amide bonds. The smallest absolute Gasteiger partial charge is 0.127 e. The van der Waals surface area contributed by atoms with Gasteiger partial charge in [-0.1, -0.05) is 32.0 Å². The van der Waals surface area contributed by atoms with Gasteiger partial charge in [-0.25, -0.2) is 0 Å². The molecule has 0 bridgehead atoms. The minimum atomic E-state index is -0.230. The maximum absolute atomic E-state index is 11.2. The zero-order valence-corrected chi connectivity index (χ0v) is 10.9. The van der Waals surface area contributed by atoms with Crippen LogP contribution in [0.4, 0.5) is 5.69 Å². The Hall–Kier alpha value is -1.31. The van der Waals surface area contributed by atoms with Gasteiger partial charge in [0.2, 0.25) is 0 Å². The third kappa shape index (κ3) is 2.21. The van der Waals surface area contributed by atoms with Crippen molar-refractivity contribution in [2.24, 2.45) is 5.41 Å². The zero-order chi connectivity index (χ0) is 12.5. The molecule has 1 aromatic carbocycles. The fourth-order valence-electron chi connectivity index (χ4n) is 2.49. The van der Waals surface area contributed by atoms with Crippen molar-refractivity contribution in [3.8, 4) is 0 Å². The van der Waals surface area contributed by atoms with Crippen molar-refractivity contribution in [1.29, 1.82) is 0 Å². The molecule has 0 saturated carbocycles. The highest BCUT2D eigenvalue weighted by atomic mass is 16.1. The molecule has 0 radical (unpaired) electrons. The minimum absolute atomic E-state index is 0.230. The molecule has 17 heavy (non-hydrogen) atoms. The minimum Gasteiger partial charge on any atom is -0.367 e. The highest BCUT2D eigenvalue weighted by Gasteiger charge is 2.32. The van der Waals surface area contributed by atoms with Gasteiger partial charge in [-0.2, -0.15) is 0 Å². The third-order valence-corrected chi connectivity index (χ3v) is 3.97. The van der Waals surface area contributed by atoms with Gasteiger partial charge in [-0.05, 0) is 31.4 Å². The maximum Gasteiger partial charge on any atom is 0.127 e. The van der Waals surface area contributed by atoms with Gasteiger partial charge in [0.1, 0.15) is 6.29 Å². The van der Waals surface area contributed by atoms with Gasteiger partial charge >= 0.3 is 0 Å². The molecule has 92 valence electrons. The Kier molecular flexibility index (Phi) is 3.23. The zero-order valence-electron chi connectivity index (χ0n) is 10.9. The second-order valence-electron chi connectivity index (χ2n) is 5.44. The molecular weight excluding hydrogens is 210 g/mol. The van der Waals surface area contributed by atoms with Gasteiger partial charge in [0, 0.05) is 23.7 Å². The molecule has 2 heteroatoms. The van der Waals surface area contributed by atoms with Crippen LogP contribution in [0.2, 0.25) is 0 Å². The lowest BCUT2D eigenvalue weighted by Crippen LogP contribution is -2.40. The first-order chi connectivity index (χ1) is 8.09. The number of carbonyl (C=O) groups is 1. The number of carbonyl (C=O) groups excluding carboxylic acids is 1. The van der Waals surface area contributed by atoms with Gasteiger partial charge < -0.3 is 9.69 Å². The van der Waals surface area contributed by atoms with E-state index in [0.29, 0.717) is 6.04 Å². The summed E-state index contributed by atoms with van der Waals surface area (Å²) in [5.74, 6) is 0. The van der Waals surface area contributed by atoms with Crippen molar-refractivity contribution in [2.45, 2.75) is 39.7 Å². The number of hydrogen-bond donors (Lipinski definition) is 0. The van der Waals surface area contributed by atoms with Gasteiger partial charge in [0.05, 0.1) is 0 Å². The summed E-state index contributed by atoms with van der Waals surface area (Å²) in [6.45, 7) is 7.20. The van der Waals surface area contributed by atoms with E-state index in [0.717, 1.165) is 25.7 Å². The molecule has 1 heterocycles. The van der Waals surface area contributed by atoms with E-state index in [1.54, 1.807) is 0 Å². The average Bonchev–Trinajstić information content (AvgIpc) is 2.66. The molecule has 0 saturated heterocycles. The van der Waals surface area contributed by atoms with E-state index in [-0.39, 0.29) is 5.41 Å². The Bertz CT molecular complexity index is 415. The van der Waals surface area contributed by atoms with Gasteiger partial charge in [0.25, 0.3) is 0 Å². The lowest BCUT2D eigenvalue weighted by Gasteiger charge is -2.33. The lowest BCUT2D eigenvalue weighted by molar-refractivity contribution is -0.115. The van der Waals surface area contributed by atoms with Gasteiger partial charge in [-0.15, -0.1) is 0 Å². The van der Waals surface area contributed by atoms with Crippen molar-refractivity contribution in [1.82, 2.24) is 0 Å². The number of nitrogens with zero attached hydrogens (tertiary/aromatic N) is 1. The number of rotatable bonds is 4. The van der Waals surface area contributed by atoms with Crippen LogP contribution in [-0.2, 0) is 11.2 Å². The second-order valence-corrected chi connectivity index (χ2v) is 5.44. The Morgan fingerprint density at radius 3 is 2.82 bits per heavy atom. The average molecular weight is 231 g/mol. The Morgan fingerprint density at radius 1 is 1.47 bits per heavy atom. The first-order valence-corrected chi connectivity index (χ1v) is 6.40. The highest BCUT2D eigenvalue weighted by Crippen LogP contribution is 2.34. The summed E-state index contributed by atoms with van der Waals surface area (Å²) < 4.78 is 0. The summed E-state index contributed by atoms with van der Waals surface area (Å²) in [4.78, 5) is 13.6. The molecule has 2 unspecified atom stereocenters. The maximum atomic E-state index is 11.2. The SMILES string of the molecule is CCC(C)(C=O)CN1c2ccccc2CC1C. The highest BCUT2D eigenvalue weighted by molar-refractivity contribution is 5.64. The van der Waals surface area contributed by atoms with Crippen LogP contribution < -0.4 is 4.90 Å². The summed E-state index contributed by atoms with van der Waals surface area (Å²) in [5.41, 5.74) is 2.48. The quantitative estimate of drug-likeness (QED) is 0.742. The summed E-state index contributed by atoms with van der Waals surface area (Å²) in [5, 5.41) is 0. The molecule has 0 fully saturated rings. The van der Waals surface area contributed by atoms with E-state index in [9.17, 15) is 4.79 Å². The van der Waals surface area contributed by atoms with E-state index < -0.39 is 0 Å². The van der Waals surface area contributed by atoms with Crippen LogP contribution in [-0.4, -0.2) is 18.9 Å². The van der Waals surface area contributed by atoms with E-state index in [2.05, 4.69) is 43.0 Å². The monoisotopic (exact) mass is 231 g/mol. The Morgan fingerprint density at radius 2 is 2.18 bits per heavy atom. The Balaban J connectivity index is 2.25. The first kappa shape index (κ1) is 12.2. The first-order valence-electron chi connectivity index (χ1n) is 6.40. The summed E-state index contributed by atoms with van der Waals surface area (Å²) in [6, 6.07) is 9.02. The molecule has 1 aromatic rings. The normalized spacial score (nSPS) is 22.1. The summed E-state index contributed by atoms with van der Waals surface area (Å²) in [7, 11) is 0. The predicted octanol–water partition coefficient (Wildman–Crippen LogP) is 3.05. The predicted molar refractivity (Wildman–Crippen MR) is 71.4 cm³/mol. The third-order valence-electron chi connectivity index (χ3n) is 3.97. The molecule has 1 aliphatic rings. The fourth-order valence-corrected chi connectivity index (χ4v) is 2.49. The number of fused-ring (bicyclic) bond motifs is 1. The van der Waals surface area contributed by atoms with Crippen LogP contribution in [0.15, 0.2) is 24.3 Å². The molecular formula is C15H21NO. The molecule has 2 atom stereocenters. The van der Waals surface area contributed by atoms with Crippen LogP contribution in [0.5, 0.6) is 0 Å². The summed E-state index contributed by atoms with van der Waals surface area (Å²) >= 11 is 0. The fraction of sp³-hybridized carbons (Fsp3) is 0.533. The number of para-hydroxylation sites is 1. The molecule has 0 aromatic heterocycles. The van der Waals surface area contributed by atoms with Crippen LogP contribution in [0, 0.1) is 5.41 Å². The van der Waals surface area contributed by atoms with E-state index in [4.69, 9.17) is 0 Å². The van der Waals surface area contributed by atoms with Crippen LogP contribution in [0.3, 0.4) is 0 Å². The molecule has 2 rings (SSSR count). The van der Waals surface area contributed by atoms with Crippen molar-refractivity contribution < 1.29 is 4.79 Å². The number of anilines is 1. The Labute approximate surface area is 104 Å². The summed E-state index contributed by atoms with van der Waals surface area (Å²) in [6.07, 6.45) is 3.09. The topological polar surface area (TPSA) is 20.3 Å². The number of aldehydes is 1. The van der Waals surface area contributed by atoms with E-state index in [1.807, 2.05) is 6.92 Å². The van der Waals surface area contributed by atoms with Crippen molar-refractivity contribution >= 4 is 12.0 Å². The van der Waals surface area contributed by atoms with Crippen molar-refractivity contribution in [3.63, 3.8) is 0 Å². The van der Waals surface area contributed by atoms with Crippen LogP contribution in [0.25, 0.3) is 0 Å². The molecule has 0 spiro atoms. The lowest BCUT2D eigenvalue weighted by atomic mass is 9.88. The second kappa shape index (κ2) is 4.52. The number of benzene rings is 1. The molecule has 0 N–H and O–H groups in total. The van der Waals surface area contributed by atoms with Crippen molar-refractivity contribution in [3.05, 3.63) is 29.8 Å². The van der Waals surface area contributed by atoms with Crippen LogP contribution >= 0.6 is 0 Å². The molecule has 2 nitrogen and oxygen atoms in total. The van der Waals surface area contributed by atoms with Crippen LogP contribution in [0.1, 0.15) is 32.8 Å². The van der Waals surface area contributed by atoms with Gasteiger partial charge in [-0.3, -0.25) is 0 Å². The van der Waals surface area contributed by atoms with Gasteiger partial charge in [0.15, 0.2) is 0 Å². The number of hydrogen-bond acceptors (Lipinski definition) is 2. The van der Waals surface area contributed by atoms with Crippen molar-refractivity contribution in [2.75, 3.05) is 11.4 Å². The molecule has 0 aliphatic carbocycles.